The Kier molecular flexibility index (Phi) is 9.15. The molecule has 1 N–H and O–H groups in total. The molecule has 1 atom stereocenters. The number of hydrogen-bond acceptors (Lipinski definition) is 3. The number of aryl methyl sites for hydroxylation is 1. The number of carbonyl (C=O) groups is 2. The van der Waals surface area contributed by atoms with Crippen molar-refractivity contribution in [3.8, 4) is 0 Å². The molecule has 3 rings (SSSR count). The summed E-state index contributed by atoms with van der Waals surface area (Å²) in [6, 6.07) is 14.4. The Hall–Kier alpha value is -2.34. The summed E-state index contributed by atoms with van der Waals surface area (Å²) in [4.78, 5) is 28.1. The molecule has 0 bridgehead atoms. The Bertz CT molecular complexity index is 897. The average molecular weight is 457 g/mol. The van der Waals surface area contributed by atoms with E-state index < -0.39 is 6.04 Å². The third-order valence-corrected chi connectivity index (χ3v) is 6.97. The molecule has 0 radical (unpaired) electrons. The van der Waals surface area contributed by atoms with E-state index in [1.54, 1.807) is 23.1 Å². The molecule has 32 heavy (non-hydrogen) atoms. The fourth-order valence-corrected chi connectivity index (χ4v) is 5.02. The number of thioether (sulfide) groups is 1. The third-order valence-electron chi connectivity index (χ3n) is 6.00. The molecular formula is C26H33FN2O2S. The van der Waals surface area contributed by atoms with E-state index in [0.717, 1.165) is 36.8 Å². The maximum absolute atomic E-state index is 13.9. The van der Waals surface area contributed by atoms with Gasteiger partial charge in [-0.25, -0.2) is 4.39 Å². The number of hydrogen-bond donors (Lipinski definition) is 1. The van der Waals surface area contributed by atoms with Gasteiger partial charge in [0.1, 0.15) is 11.9 Å². The molecule has 172 valence electrons. The van der Waals surface area contributed by atoms with Crippen LogP contribution < -0.4 is 5.32 Å². The van der Waals surface area contributed by atoms with Crippen molar-refractivity contribution in [2.24, 2.45) is 0 Å². The predicted octanol–water partition coefficient (Wildman–Crippen LogP) is 5.23. The van der Waals surface area contributed by atoms with Crippen molar-refractivity contribution in [3.05, 3.63) is 71.0 Å². The molecule has 4 nitrogen and oxygen atoms in total. The smallest absolute Gasteiger partial charge is 0.243 e. The van der Waals surface area contributed by atoms with Crippen LogP contribution in [0.4, 0.5) is 4.39 Å². The van der Waals surface area contributed by atoms with Crippen LogP contribution in [0.25, 0.3) is 0 Å². The van der Waals surface area contributed by atoms with Crippen LogP contribution in [0.15, 0.2) is 48.5 Å². The molecule has 2 aromatic carbocycles. The summed E-state index contributed by atoms with van der Waals surface area (Å²) in [5, 5.41) is 3.16. The maximum Gasteiger partial charge on any atom is 0.243 e. The Balaban J connectivity index is 1.70. The predicted molar refractivity (Wildman–Crippen MR) is 129 cm³/mol. The lowest BCUT2D eigenvalue weighted by molar-refractivity contribution is -0.139. The van der Waals surface area contributed by atoms with Gasteiger partial charge in [-0.1, -0.05) is 67.8 Å². The van der Waals surface area contributed by atoms with Gasteiger partial charge in [0, 0.05) is 18.3 Å². The SMILES string of the molecule is CC[C@@H](C(=O)NC1CCCC1)N(Cc1ccc(C)cc1)C(=O)CSCc1ccccc1F. The Morgan fingerprint density at radius 1 is 1.12 bits per heavy atom. The highest BCUT2D eigenvalue weighted by atomic mass is 32.2. The van der Waals surface area contributed by atoms with Crippen molar-refractivity contribution in [3.63, 3.8) is 0 Å². The molecule has 0 saturated heterocycles. The number of nitrogens with one attached hydrogen (secondary N) is 1. The molecule has 0 heterocycles. The van der Waals surface area contributed by atoms with E-state index in [2.05, 4.69) is 5.32 Å². The molecule has 0 unspecified atom stereocenters. The van der Waals surface area contributed by atoms with E-state index in [1.807, 2.05) is 38.1 Å². The van der Waals surface area contributed by atoms with E-state index in [9.17, 15) is 14.0 Å². The first-order chi connectivity index (χ1) is 15.5. The highest BCUT2D eigenvalue weighted by molar-refractivity contribution is 7.99. The number of rotatable bonds is 10. The van der Waals surface area contributed by atoms with Crippen molar-refractivity contribution in [2.75, 3.05) is 5.75 Å². The van der Waals surface area contributed by atoms with Gasteiger partial charge in [-0.2, -0.15) is 0 Å². The molecule has 0 aromatic heterocycles. The number of amides is 2. The second-order valence-corrected chi connectivity index (χ2v) is 9.49. The molecule has 6 heteroatoms. The minimum atomic E-state index is -0.515. The average Bonchev–Trinajstić information content (AvgIpc) is 3.29. The summed E-state index contributed by atoms with van der Waals surface area (Å²) >= 11 is 1.38. The van der Waals surface area contributed by atoms with Gasteiger partial charge >= 0.3 is 0 Å². The lowest BCUT2D eigenvalue weighted by atomic mass is 10.1. The van der Waals surface area contributed by atoms with Crippen LogP contribution >= 0.6 is 11.8 Å². The molecule has 1 saturated carbocycles. The monoisotopic (exact) mass is 456 g/mol. The Labute approximate surface area is 195 Å². The van der Waals surface area contributed by atoms with Gasteiger partial charge < -0.3 is 10.2 Å². The van der Waals surface area contributed by atoms with Gasteiger partial charge in [-0.15, -0.1) is 11.8 Å². The molecule has 1 fully saturated rings. The summed E-state index contributed by atoms with van der Waals surface area (Å²) in [5.41, 5.74) is 2.73. The van der Waals surface area contributed by atoms with Crippen LogP contribution in [0.3, 0.4) is 0 Å². The van der Waals surface area contributed by atoms with E-state index >= 15 is 0 Å². The zero-order valence-electron chi connectivity index (χ0n) is 19.0. The van der Waals surface area contributed by atoms with Crippen molar-refractivity contribution < 1.29 is 14.0 Å². The van der Waals surface area contributed by atoms with Gasteiger partial charge in [0.25, 0.3) is 0 Å². The second kappa shape index (κ2) is 12.0. The van der Waals surface area contributed by atoms with Crippen molar-refractivity contribution >= 4 is 23.6 Å². The zero-order chi connectivity index (χ0) is 22.9. The van der Waals surface area contributed by atoms with Gasteiger partial charge in [0.2, 0.25) is 11.8 Å². The Morgan fingerprint density at radius 3 is 2.47 bits per heavy atom. The molecule has 0 spiro atoms. The quantitative estimate of drug-likeness (QED) is 0.532. The van der Waals surface area contributed by atoms with Gasteiger partial charge in [-0.3, -0.25) is 9.59 Å². The van der Waals surface area contributed by atoms with Crippen molar-refractivity contribution in [1.82, 2.24) is 10.2 Å². The van der Waals surface area contributed by atoms with Gasteiger partial charge in [-0.05, 0) is 43.4 Å². The standard InChI is InChI=1S/C26H33FN2O2S/c1-3-24(26(31)28-22-9-5-6-10-22)29(16-20-14-12-19(2)13-15-20)25(30)18-32-17-21-8-4-7-11-23(21)27/h4,7-8,11-15,22,24H,3,5-6,9-10,16-18H2,1-2H3,(H,28,31)/t24-/m0/s1. The summed E-state index contributed by atoms with van der Waals surface area (Å²) in [6.07, 6.45) is 4.84. The lowest BCUT2D eigenvalue weighted by Crippen LogP contribution is -2.51. The summed E-state index contributed by atoms with van der Waals surface area (Å²) in [6.45, 7) is 4.35. The van der Waals surface area contributed by atoms with Crippen LogP contribution in [0.1, 0.15) is 55.7 Å². The number of nitrogens with zero attached hydrogens (tertiary/aromatic N) is 1. The maximum atomic E-state index is 13.9. The summed E-state index contributed by atoms with van der Waals surface area (Å²) in [7, 11) is 0. The highest BCUT2D eigenvalue weighted by Crippen LogP contribution is 2.21. The molecule has 2 aromatic rings. The summed E-state index contributed by atoms with van der Waals surface area (Å²) < 4.78 is 13.9. The van der Waals surface area contributed by atoms with Crippen LogP contribution in [0.2, 0.25) is 0 Å². The third kappa shape index (κ3) is 6.83. The van der Waals surface area contributed by atoms with E-state index in [0.29, 0.717) is 24.3 Å². The molecule has 0 aliphatic heterocycles. The Morgan fingerprint density at radius 2 is 1.81 bits per heavy atom. The number of benzene rings is 2. The molecule has 1 aliphatic rings. The second-order valence-electron chi connectivity index (χ2n) is 8.51. The van der Waals surface area contributed by atoms with Crippen LogP contribution in [-0.2, 0) is 21.9 Å². The fraction of sp³-hybridized carbons (Fsp3) is 0.462. The van der Waals surface area contributed by atoms with Crippen molar-refractivity contribution in [1.29, 1.82) is 0 Å². The molecule has 2 amide bonds. The largest absolute Gasteiger partial charge is 0.352 e. The van der Waals surface area contributed by atoms with Crippen molar-refractivity contribution in [2.45, 2.75) is 70.3 Å². The summed E-state index contributed by atoms with van der Waals surface area (Å²) in [5.74, 6) is 0.195. The highest BCUT2D eigenvalue weighted by Gasteiger charge is 2.30. The van der Waals surface area contributed by atoms with Gasteiger partial charge in [0.05, 0.1) is 5.75 Å². The number of carbonyl (C=O) groups excluding carboxylic acids is 2. The minimum Gasteiger partial charge on any atom is -0.352 e. The topological polar surface area (TPSA) is 49.4 Å². The van der Waals surface area contributed by atoms with E-state index in [4.69, 9.17) is 0 Å². The van der Waals surface area contributed by atoms with Crippen LogP contribution in [-0.4, -0.2) is 34.6 Å². The molecular weight excluding hydrogens is 423 g/mol. The first kappa shape index (κ1) is 24.3. The fourth-order valence-electron chi connectivity index (χ4n) is 4.12. The first-order valence-corrected chi connectivity index (χ1v) is 12.6. The lowest BCUT2D eigenvalue weighted by Gasteiger charge is -2.31. The van der Waals surface area contributed by atoms with E-state index in [1.165, 1.54) is 17.8 Å². The van der Waals surface area contributed by atoms with Crippen LogP contribution in [0.5, 0.6) is 0 Å². The zero-order valence-corrected chi connectivity index (χ0v) is 19.8. The number of halogens is 1. The van der Waals surface area contributed by atoms with E-state index in [-0.39, 0.29) is 29.4 Å². The minimum absolute atomic E-state index is 0.0704. The molecule has 1 aliphatic carbocycles. The van der Waals surface area contributed by atoms with Gasteiger partial charge in [0.15, 0.2) is 0 Å². The van der Waals surface area contributed by atoms with Crippen LogP contribution in [0, 0.1) is 12.7 Å². The normalized spacial score (nSPS) is 14.8. The first-order valence-electron chi connectivity index (χ1n) is 11.4.